The minimum Gasteiger partial charge on any atom is -0.271 e. The van der Waals surface area contributed by atoms with Crippen molar-refractivity contribution >= 4 is 0 Å². The lowest BCUT2D eigenvalue weighted by Crippen LogP contribution is -2.34. The summed E-state index contributed by atoms with van der Waals surface area (Å²) in [5.41, 5.74) is 5.68. The summed E-state index contributed by atoms with van der Waals surface area (Å²) in [6, 6.07) is 9.03. The molecule has 2 heteroatoms. The number of nitrogens with one attached hydrogen (secondary N) is 1. The van der Waals surface area contributed by atoms with E-state index in [2.05, 4.69) is 57.4 Å². The number of nitrogens with two attached hydrogens (primary N) is 1. The Bertz CT molecular complexity index is 333. The molecular formula is C15H26N2. The van der Waals surface area contributed by atoms with E-state index in [0.29, 0.717) is 11.8 Å². The molecule has 1 aromatic rings. The molecule has 3 N–H and O–H groups in total. The zero-order valence-corrected chi connectivity index (χ0v) is 11.5. The van der Waals surface area contributed by atoms with Crippen LogP contribution >= 0.6 is 0 Å². The fourth-order valence-corrected chi connectivity index (χ4v) is 2.17. The first-order chi connectivity index (χ1) is 8.10. The van der Waals surface area contributed by atoms with Crippen LogP contribution in [-0.2, 0) is 6.42 Å². The van der Waals surface area contributed by atoms with Crippen molar-refractivity contribution in [3.8, 4) is 0 Å². The van der Waals surface area contributed by atoms with Crippen molar-refractivity contribution in [1.29, 1.82) is 0 Å². The third kappa shape index (κ3) is 3.83. The molecular weight excluding hydrogens is 208 g/mol. The van der Waals surface area contributed by atoms with Gasteiger partial charge in [0.05, 0.1) is 0 Å². The quantitative estimate of drug-likeness (QED) is 0.584. The van der Waals surface area contributed by atoms with E-state index in [0.717, 1.165) is 6.42 Å². The van der Waals surface area contributed by atoms with Gasteiger partial charge in [0.2, 0.25) is 0 Å². The van der Waals surface area contributed by atoms with Crippen molar-refractivity contribution in [3.05, 3.63) is 35.4 Å². The average Bonchev–Trinajstić information content (AvgIpc) is 2.30. The lowest BCUT2D eigenvalue weighted by atomic mass is 9.86. The number of hydrogen-bond acceptors (Lipinski definition) is 2. The maximum atomic E-state index is 5.72. The van der Waals surface area contributed by atoms with Crippen molar-refractivity contribution in [2.24, 2.45) is 17.7 Å². The van der Waals surface area contributed by atoms with Crippen LogP contribution in [0.5, 0.6) is 0 Å². The van der Waals surface area contributed by atoms with Crippen molar-refractivity contribution in [3.63, 3.8) is 0 Å². The third-order valence-electron chi connectivity index (χ3n) is 3.61. The van der Waals surface area contributed by atoms with Crippen LogP contribution in [0.4, 0.5) is 0 Å². The van der Waals surface area contributed by atoms with Gasteiger partial charge >= 0.3 is 0 Å². The molecule has 0 aromatic heterocycles. The molecule has 0 amide bonds. The van der Waals surface area contributed by atoms with Crippen LogP contribution in [0.1, 0.15) is 51.3 Å². The molecule has 96 valence electrons. The molecule has 0 fully saturated rings. The van der Waals surface area contributed by atoms with Gasteiger partial charge in [-0.1, -0.05) is 58.4 Å². The third-order valence-corrected chi connectivity index (χ3v) is 3.61. The highest BCUT2D eigenvalue weighted by atomic mass is 15.2. The van der Waals surface area contributed by atoms with Crippen LogP contribution in [0.25, 0.3) is 0 Å². The Hall–Kier alpha value is -0.860. The van der Waals surface area contributed by atoms with Gasteiger partial charge in [0.25, 0.3) is 0 Å². The standard InChI is InChI=1S/C15H26N2/c1-5-7-13-8-6-9-14(10-13)15(17-16)12(4)11(2)3/h6,8-12,15,17H,5,7,16H2,1-4H3. The van der Waals surface area contributed by atoms with Gasteiger partial charge in [-0.05, 0) is 29.4 Å². The monoisotopic (exact) mass is 234 g/mol. The first-order valence-corrected chi connectivity index (χ1v) is 6.65. The Labute approximate surface area is 106 Å². The molecule has 0 spiro atoms. The molecule has 17 heavy (non-hydrogen) atoms. The number of hydrazine groups is 1. The van der Waals surface area contributed by atoms with Gasteiger partial charge in [-0.3, -0.25) is 11.3 Å². The summed E-state index contributed by atoms with van der Waals surface area (Å²) in [5, 5.41) is 0. The summed E-state index contributed by atoms with van der Waals surface area (Å²) in [5.74, 6) is 6.86. The Morgan fingerprint density at radius 2 is 1.94 bits per heavy atom. The molecule has 1 aromatic carbocycles. The van der Waals surface area contributed by atoms with E-state index in [1.807, 2.05) is 0 Å². The topological polar surface area (TPSA) is 38.0 Å². The molecule has 1 rings (SSSR count). The van der Waals surface area contributed by atoms with Crippen LogP contribution in [0.3, 0.4) is 0 Å². The van der Waals surface area contributed by atoms with E-state index in [1.165, 1.54) is 17.5 Å². The van der Waals surface area contributed by atoms with Gasteiger partial charge in [-0.15, -0.1) is 0 Å². The zero-order valence-electron chi connectivity index (χ0n) is 11.5. The fraction of sp³-hybridized carbons (Fsp3) is 0.600. The summed E-state index contributed by atoms with van der Waals surface area (Å²) in [7, 11) is 0. The largest absolute Gasteiger partial charge is 0.271 e. The molecule has 2 atom stereocenters. The van der Waals surface area contributed by atoms with Crippen LogP contribution in [-0.4, -0.2) is 0 Å². The van der Waals surface area contributed by atoms with Crippen LogP contribution in [0.15, 0.2) is 24.3 Å². The molecule has 0 saturated carbocycles. The van der Waals surface area contributed by atoms with Crippen molar-refractivity contribution in [2.75, 3.05) is 0 Å². The second kappa shape index (κ2) is 6.77. The maximum Gasteiger partial charge on any atom is 0.0488 e. The van der Waals surface area contributed by atoms with Gasteiger partial charge in [0, 0.05) is 6.04 Å². The van der Waals surface area contributed by atoms with Gasteiger partial charge < -0.3 is 0 Å². The number of hydrogen-bond donors (Lipinski definition) is 2. The Balaban J connectivity index is 2.91. The summed E-state index contributed by atoms with van der Waals surface area (Å²) < 4.78 is 0. The normalized spacial score (nSPS) is 14.9. The average molecular weight is 234 g/mol. The lowest BCUT2D eigenvalue weighted by Gasteiger charge is -2.27. The highest BCUT2D eigenvalue weighted by Gasteiger charge is 2.20. The Morgan fingerprint density at radius 3 is 2.47 bits per heavy atom. The van der Waals surface area contributed by atoms with Gasteiger partial charge in [-0.2, -0.15) is 0 Å². The second-order valence-corrected chi connectivity index (χ2v) is 5.24. The molecule has 2 nitrogen and oxygen atoms in total. The van der Waals surface area contributed by atoms with E-state index >= 15 is 0 Å². The summed E-state index contributed by atoms with van der Waals surface area (Å²) in [4.78, 5) is 0. The van der Waals surface area contributed by atoms with Crippen molar-refractivity contribution in [2.45, 2.75) is 46.6 Å². The van der Waals surface area contributed by atoms with Crippen LogP contribution in [0.2, 0.25) is 0 Å². The highest BCUT2D eigenvalue weighted by Crippen LogP contribution is 2.27. The minimum absolute atomic E-state index is 0.242. The highest BCUT2D eigenvalue weighted by molar-refractivity contribution is 5.26. The molecule has 0 bridgehead atoms. The van der Waals surface area contributed by atoms with E-state index in [1.54, 1.807) is 0 Å². The second-order valence-electron chi connectivity index (χ2n) is 5.24. The van der Waals surface area contributed by atoms with Crippen molar-refractivity contribution in [1.82, 2.24) is 5.43 Å². The fourth-order valence-electron chi connectivity index (χ4n) is 2.17. The first-order valence-electron chi connectivity index (χ1n) is 6.65. The SMILES string of the molecule is CCCc1cccc(C(NN)C(C)C(C)C)c1. The van der Waals surface area contributed by atoms with E-state index < -0.39 is 0 Å². The Morgan fingerprint density at radius 1 is 1.24 bits per heavy atom. The Kier molecular flexibility index (Phi) is 5.66. The predicted molar refractivity (Wildman–Crippen MR) is 74.5 cm³/mol. The smallest absolute Gasteiger partial charge is 0.0488 e. The predicted octanol–water partition coefficient (Wildman–Crippen LogP) is 3.44. The molecule has 0 saturated heterocycles. The molecule has 0 aliphatic rings. The molecule has 2 unspecified atom stereocenters. The minimum atomic E-state index is 0.242. The summed E-state index contributed by atoms with van der Waals surface area (Å²) in [6.07, 6.45) is 2.32. The maximum absolute atomic E-state index is 5.72. The van der Waals surface area contributed by atoms with Gasteiger partial charge in [0.15, 0.2) is 0 Å². The van der Waals surface area contributed by atoms with E-state index in [-0.39, 0.29) is 6.04 Å². The first kappa shape index (κ1) is 14.2. The van der Waals surface area contributed by atoms with Crippen LogP contribution < -0.4 is 11.3 Å². The lowest BCUT2D eigenvalue weighted by molar-refractivity contribution is 0.306. The van der Waals surface area contributed by atoms with Gasteiger partial charge in [-0.25, -0.2) is 0 Å². The summed E-state index contributed by atoms with van der Waals surface area (Å²) >= 11 is 0. The number of benzene rings is 1. The molecule has 0 radical (unpaired) electrons. The molecule has 0 aliphatic heterocycles. The van der Waals surface area contributed by atoms with Crippen molar-refractivity contribution < 1.29 is 0 Å². The summed E-state index contributed by atoms with van der Waals surface area (Å²) in [6.45, 7) is 8.94. The van der Waals surface area contributed by atoms with Crippen LogP contribution in [0, 0.1) is 11.8 Å². The zero-order chi connectivity index (χ0) is 12.8. The van der Waals surface area contributed by atoms with E-state index in [9.17, 15) is 0 Å². The van der Waals surface area contributed by atoms with E-state index in [4.69, 9.17) is 5.84 Å². The number of rotatable bonds is 6. The molecule has 0 heterocycles. The number of aryl methyl sites for hydroxylation is 1. The molecule has 0 aliphatic carbocycles. The van der Waals surface area contributed by atoms with Gasteiger partial charge in [0.1, 0.15) is 0 Å².